The molecule has 0 spiro atoms. The number of aromatic hydroxyl groups is 1. The first-order chi connectivity index (χ1) is 29.5. The number of aryl methyl sites for hydroxylation is 1. The number of nitrogens with zero attached hydrogens (tertiary/aromatic N) is 2. The maximum atomic E-state index is 14.6. The van der Waals surface area contributed by atoms with Crippen molar-refractivity contribution in [3.8, 4) is 5.88 Å². The zero-order valence-electron chi connectivity index (χ0n) is 35.8. The van der Waals surface area contributed by atoms with E-state index in [9.17, 15) is 40.2 Å². The van der Waals surface area contributed by atoms with Crippen molar-refractivity contribution in [3.63, 3.8) is 0 Å². The maximum absolute atomic E-state index is 14.6. The number of H-pyrrole nitrogens is 3. The number of esters is 1. The number of aromatic nitrogens is 5. The number of fused-ring (bicyclic) bond motifs is 8. The topological polar surface area (TPSA) is 262 Å². The van der Waals surface area contributed by atoms with Gasteiger partial charge in [-0.15, -0.1) is 0 Å². The molecule has 11 N–H and O–H groups in total. The minimum atomic E-state index is -1.57. The molecule has 4 aliphatic rings. The average Bonchev–Trinajstić information content (AvgIpc) is 3.92. The predicted octanol–water partition coefficient (Wildman–Crippen LogP) is 2.50. The van der Waals surface area contributed by atoms with E-state index < -0.39 is 48.8 Å². The summed E-state index contributed by atoms with van der Waals surface area (Å²) in [6, 6.07) is 4.71. The molecule has 7 heterocycles. The van der Waals surface area contributed by atoms with E-state index in [2.05, 4.69) is 39.4 Å². The molecule has 3 aromatic rings. The van der Waals surface area contributed by atoms with Gasteiger partial charge in [0.1, 0.15) is 29.7 Å². The number of pyridine rings is 1. The molecule has 332 valence electrons. The molecule has 0 radical (unpaired) electrons. The molecule has 0 aliphatic carbocycles. The van der Waals surface area contributed by atoms with Crippen LogP contribution >= 0.6 is 12.2 Å². The Morgan fingerprint density at radius 1 is 1.08 bits per heavy atom. The largest absolute Gasteiger partial charge is 0.512 e. The normalized spacial score (nSPS) is 24.0. The van der Waals surface area contributed by atoms with Crippen LogP contribution in [-0.2, 0) is 20.8 Å². The molecular formula is C44H56N7O10S+. The zero-order chi connectivity index (χ0) is 44.9. The number of methoxy groups -OCH3 is 1. The van der Waals surface area contributed by atoms with E-state index in [0.29, 0.717) is 55.4 Å². The Bertz CT molecular complexity index is 2700. The lowest BCUT2D eigenvalue weighted by molar-refractivity contribution is -0.379. The van der Waals surface area contributed by atoms with E-state index in [1.165, 1.54) is 11.7 Å². The SMILES string of the molecule is CC[C@H]1c2cc3[nH]c4c(c5[nH+]c(cc6nc(cc([nH]2)[C@@H]1C)C(=C(C)O)C=6C)C(C)=C5CCC(=O)OC)c(O)n(CCCNC(=S)NC1C(O)OC(CO)C(O)C1O)c(=O)c4c3C. The molecule has 3 aromatic heterocycles. The van der Waals surface area contributed by atoms with E-state index in [4.69, 9.17) is 26.7 Å². The van der Waals surface area contributed by atoms with Crippen LogP contribution in [0.3, 0.4) is 0 Å². The lowest BCUT2D eigenvalue weighted by Gasteiger charge is -2.40. The van der Waals surface area contributed by atoms with E-state index in [-0.39, 0.29) is 60.9 Å². The number of nitrogens with one attached hydrogen (secondary N) is 5. The second kappa shape index (κ2) is 17.8. The van der Waals surface area contributed by atoms with Crippen molar-refractivity contribution >= 4 is 67.4 Å². The highest BCUT2D eigenvalue weighted by Gasteiger charge is 2.44. The van der Waals surface area contributed by atoms with Crippen molar-refractivity contribution in [1.82, 2.24) is 30.2 Å². The van der Waals surface area contributed by atoms with Gasteiger partial charge in [0.2, 0.25) is 17.3 Å². The minimum Gasteiger partial charge on any atom is -0.512 e. The van der Waals surface area contributed by atoms with E-state index in [1.54, 1.807) is 6.92 Å². The molecule has 0 aromatic carbocycles. The summed E-state index contributed by atoms with van der Waals surface area (Å²) in [7, 11) is 1.33. The van der Waals surface area contributed by atoms with Crippen molar-refractivity contribution in [2.75, 3.05) is 20.3 Å². The van der Waals surface area contributed by atoms with Gasteiger partial charge >= 0.3 is 5.97 Å². The van der Waals surface area contributed by atoms with Crippen molar-refractivity contribution in [3.05, 3.63) is 73.7 Å². The quantitative estimate of drug-likeness (QED) is 0.0608. The number of thiocarbonyl (C=S) groups is 1. The third kappa shape index (κ3) is 7.94. The third-order valence-electron chi connectivity index (χ3n) is 12.7. The number of hydrogen-bond acceptors (Lipinski definition) is 12. The van der Waals surface area contributed by atoms with Crippen LogP contribution in [0.1, 0.15) is 106 Å². The monoisotopic (exact) mass is 874 g/mol. The van der Waals surface area contributed by atoms with Crippen LogP contribution in [0, 0.1) is 6.92 Å². The highest BCUT2D eigenvalue weighted by Crippen LogP contribution is 2.42. The minimum absolute atomic E-state index is 0.0297. The number of aliphatic hydroxyl groups is 5. The second-order valence-corrected chi connectivity index (χ2v) is 16.8. The first kappa shape index (κ1) is 44.7. The Morgan fingerprint density at radius 2 is 1.82 bits per heavy atom. The number of allylic oxidation sites excluding steroid dienone is 4. The van der Waals surface area contributed by atoms with Gasteiger partial charge in [0.15, 0.2) is 11.4 Å². The molecule has 8 bridgehead atoms. The van der Waals surface area contributed by atoms with Gasteiger partial charge in [-0.05, 0) is 82.4 Å². The fraction of sp³-hybridized carbons (Fsp3) is 0.477. The first-order valence-corrected chi connectivity index (χ1v) is 21.3. The molecule has 7 rings (SSSR count). The number of aliphatic hydroxyl groups excluding tert-OH is 5. The molecule has 5 unspecified atom stereocenters. The van der Waals surface area contributed by atoms with Crippen LogP contribution in [-0.4, -0.2) is 112 Å². The van der Waals surface area contributed by atoms with Crippen molar-refractivity contribution < 1.29 is 49.9 Å². The first-order valence-electron chi connectivity index (χ1n) is 20.9. The summed E-state index contributed by atoms with van der Waals surface area (Å²) in [6.45, 7) is 11.2. The van der Waals surface area contributed by atoms with Gasteiger partial charge in [-0.2, -0.15) is 0 Å². The summed E-state index contributed by atoms with van der Waals surface area (Å²) in [6.07, 6.45) is -4.31. The fourth-order valence-corrected chi connectivity index (χ4v) is 9.39. The molecule has 0 saturated carbocycles. The van der Waals surface area contributed by atoms with Crippen LogP contribution in [0.5, 0.6) is 5.88 Å². The van der Waals surface area contributed by atoms with Crippen LogP contribution < -0.4 is 26.5 Å². The Kier molecular flexibility index (Phi) is 12.8. The highest BCUT2D eigenvalue weighted by molar-refractivity contribution is 7.80. The molecular weight excluding hydrogens is 819 g/mol. The molecule has 1 fully saturated rings. The van der Waals surface area contributed by atoms with Crippen LogP contribution in [0.2, 0.25) is 0 Å². The summed E-state index contributed by atoms with van der Waals surface area (Å²) in [5.74, 6) is -0.402. The van der Waals surface area contributed by atoms with Gasteiger partial charge in [0, 0.05) is 71.0 Å². The molecule has 18 heteroatoms. The lowest BCUT2D eigenvalue weighted by Crippen LogP contribution is -2.65. The Hall–Kier alpha value is -5.37. The van der Waals surface area contributed by atoms with E-state index >= 15 is 0 Å². The Balaban J connectivity index is 1.39. The van der Waals surface area contributed by atoms with Gasteiger partial charge in [-0.3, -0.25) is 14.2 Å². The number of ether oxygens (including phenoxy) is 2. The van der Waals surface area contributed by atoms with Gasteiger partial charge in [-0.25, -0.2) is 9.97 Å². The fourth-order valence-electron chi connectivity index (χ4n) is 9.16. The van der Waals surface area contributed by atoms with Gasteiger partial charge in [0.05, 0.1) is 41.4 Å². The summed E-state index contributed by atoms with van der Waals surface area (Å²) in [5, 5.41) is 71.0. The van der Waals surface area contributed by atoms with Crippen LogP contribution in [0.25, 0.3) is 44.1 Å². The second-order valence-electron chi connectivity index (χ2n) is 16.4. The molecule has 4 aliphatic heterocycles. The van der Waals surface area contributed by atoms with Crippen molar-refractivity contribution in [2.45, 2.75) is 116 Å². The lowest BCUT2D eigenvalue weighted by atomic mass is 9.89. The molecule has 1 saturated heterocycles. The molecule has 17 nitrogen and oxygen atoms in total. The van der Waals surface area contributed by atoms with E-state index in [1.807, 2.05) is 39.0 Å². The third-order valence-corrected chi connectivity index (χ3v) is 13.0. The smallest absolute Gasteiger partial charge is 0.305 e. The predicted molar refractivity (Wildman–Crippen MR) is 236 cm³/mol. The Labute approximate surface area is 362 Å². The maximum Gasteiger partial charge on any atom is 0.305 e. The molecule has 0 amide bonds. The molecule has 7 atom stereocenters. The number of aromatic amines is 3. The van der Waals surface area contributed by atoms with Crippen LogP contribution in [0.15, 0.2) is 28.8 Å². The van der Waals surface area contributed by atoms with Crippen molar-refractivity contribution in [2.24, 2.45) is 0 Å². The van der Waals surface area contributed by atoms with Gasteiger partial charge in [0.25, 0.3) is 5.56 Å². The van der Waals surface area contributed by atoms with Gasteiger partial charge in [-0.1, -0.05) is 13.8 Å². The average molecular weight is 875 g/mol. The standard InChI is InChI=1S/C44H55N7O10S/c1-8-23-18(2)25-16-30-33(22(6)53)20(4)27(47-30)14-26-19(3)24(10-11-32(54)60-7)36(48-26)35-37-34(21(5)28(49-37)15-29(23)46-25)41(57)51(42(35)58)13-9-12-45-44(62)50-38-40(56)39(55)31(17-52)61-43(38)59/h14-16,18,23,31,38-40,43,46,49,52-53,55-56,58-59H,8-13,17H2,1-7H3,(H2,45,50,62)/p+1/t18-,23-,31?,38?,39?,40?,43?/m1/s1. The molecule has 62 heavy (non-hydrogen) atoms. The summed E-state index contributed by atoms with van der Waals surface area (Å²) in [5.41, 5.74) is 7.94. The number of carbonyl (C=O) groups excluding carboxylic acids is 1. The van der Waals surface area contributed by atoms with Crippen molar-refractivity contribution in [1.29, 1.82) is 0 Å². The highest BCUT2D eigenvalue weighted by atomic mass is 32.1. The summed E-state index contributed by atoms with van der Waals surface area (Å²) < 4.78 is 11.5. The number of carbonyl (C=O) groups is 1. The number of rotatable bonds is 10. The summed E-state index contributed by atoms with van der Waals surface area (Å²) in [4.78, 5) is 42.9. The van der Waals surface area contributed by atoms with Crippen LogP contribution in [0.4, 0.5) is 0 Å². The van der Waals surface area contributed by atoms with E-state index in [0.717, 1.165) is 34.5 Å². The van der Waals surface area contributed by atoms with Gasteiger partial charge < -0.3 is 60.7 Å². The number of hydrogen-bond donors (Lipinski definition) is 10. The zero-order valence-corrected chi connectivity index (χ0v) is 36.7. The summed E-state index contributed by atoms with van der Waals surface area (Å²) >= 11 is 5.40. The Morgan fingerprint density at radius 3 is 2.50 bits per heavy atom.